The van der Waals surface area contributed by atoms with E-state index in [0.717, 1.165) is 12.8 Å². The Balaban J connectivity index is 2.33. The molecule has 1 fully saturated rings. The molecule has 7 nitrogen and oxygen atoms in total. The van der Waals surface area contributed by atoms with Crippen molar-refractivity contribution in [1.29, 1.82) is 0 Å². The fraction of sp³-hybridized carbons (Fsp3) is 0.538. The maximum absolute atomic E-state index is 12.4. The van der Waals surface area contributed by atoms with Gasteiger partial charge in [0, 0.05) is 6.04 Å². The lowest BCUT2D eigenvalue weighted by molar-refractivity contribution is -0.386. The Bertz CT molecular complexity index is 670. The molecule has 0 amide bonds. The molecule has 116 valence electrons. The molecule has 8 heteroatoms. The van der Waals surface area contributed by atoms with E-state index in [0.29, 0.717) is 6.42 Å². The Kier molecular flexibility index (Phi) is 3.94. The molecule has 0 aromatic heterocycles. The second-order valence-electron chi connectivity index (χ2n) is 6.18. The number of para-hydroxylation sites is 1. The molecule has 0 aliphatic heterocycles. The van der Waals surface area contributed by atoms with Crippen LogP contribution in [0.4, 0.5) is 11.4 Å². The van der Waals surface area contributed by atoms with Gasteiger partial charge in [0.15, 0.2) is 4.90 Å². The van der Waals surface area contributed by atoms with Crippen molar-refractivity contribution < 1.29 is 13.3 Å². The Morgan fingerprint density at radius 2 is 2.10 bits per heavy atom. The van der Waals surface area contributed by atoms with Crippen LogP contribution >= 0.6 is 0 Å². The van der Waals surface area contributed by atoms with Crippen LogP contribution in [0.2, 0.25) is 0 Å². The average molecular weight is 313 g/mol. The molecule has 3 N–H and O–H groups in total. The maximum Gasteiger partial charge on any atom is 0.312 e. The third-order valence-electron chi connectivity index (χ3n) is 3.79. The third kappa shape index (κ3) is 3.33. The van der Waals surface area contributed by atoms with Gasteiger partial charge in [0.05, 0.1) is 4.92 Å². The minimum Gasteiger partial charge on any atom is -0.393 e. The van der Waals surface area contributed by atoms with Crippen LogP contribution in [-0.4, -0.2) is 19.4 Å². The smallest absolute Gasteiger partial charge is 0.312 e. The van der Waals surface area contributed by atoms with Crippen LogP contribution in [0.5, 0.6) is 0 Å². The lowest BCUT2D eigenvalue weighted by Crippen LogP contribution is -2.34. The molecule has 0 spiro atoms. The van der Waals surface area contributed by atoms with E-state index in [4.69, 9.17) is 5.73 Å². The standard InChI is InChI=1S/C13H19N3O4S/c1-13(2)7-6-9(8-13)15-21(19,20)11-5-3-4-10(14)12(11)16(17)18/h3-5,9,15H,6-8,14H2,1-2H3. The highest BCUT2D eigenvalue weighted by molar-refractivity contribution is 7.89. The molecule has 1 aliphatic rings. The number of rotatable bonds is 4. The van der Waals surface area contributed by atoms with Gasteiger partial charge >= 0.3 is 5.69 Å². The summed E-state index contributed by atoms with van der Waals surface area (Å²) in [5, 5.41) is 11.1. The Morgan fingerprint density at radius 3 is 2.62 bits per heavy atom. The molecule has 1 aliphatic carbocycles. The number of sulfonamides is 1. The van der Waals surface area contributed by atoms with Crippen LogP contribution in [0.1, 0.15) is 33.1 Å². The van der Waals surface area contributed by atoms with Gasteiger partial charge < -0.3 is 5.73 Å². The highest BCUT2D eigenvalue weighted by atomic mass is 32.2. The fourth-order valence-corrected chi connectivity index (χ4v) is 4.24. The quantitative estimate of drug-likeness (QED) is 0.501. The predicted molar refractivity (Wildman–Crippen MR) is 79.3 cm³/mol. The van der Waals surface area contributed by atoms with Gasteiger partial charge in [-0.05, 0) is 36.8 Å². The normalized spacial score (nSPS) is 21.3. The van der Waals surface area contributed by atoms with Gasteiger partial charge in [0.2, 0.25) is 10.0 Å². The van der Waals surface area contributed by atoms with Gasteiger partial charge in [-0.15, -0.1) is 0 Å². The molecule has 2 rings (SSSR count). The van der Waals surface area contributed by atoms with Gasteiger partial charge in [-0.3, -0.25) is 10.1 Å². The third-order valence-corrected chi connectivity index (χ3v) is 5.34. The zero-order chi connectivity index (χ0) is 15.8. The summed E-state index contributed by atoms with van der Waals surface area (Å²) in [5.41, 5.74) is 4.89. The van der Waals surface area contributed by atoms with E-state index >= 15 is 0 Å². The van der Waals surface area contributed by atoms with Gasteiger partial charge in [-0.1, -0.05) is 19.9 Å². The van der Waals surface area contributed by atoms with E-state index in [1.807, 2.05) is 0 Å². The van der Waals surface area contributed by atoms with Gasteiger partial charge in [-0.25, -0.2) is 13.1 Å². The number of hydrogen-bond acceptors (Lipinski definition) is 5. The summed E-state index contributed by atoms with van der Waals surface area (Å²) in [5.74, 6) is 0. The molecule has 0 bridgehead atoms. The number of nitrogens with two attached hydrogens (primary N) is 1. The molecular formula is C13H19N3O4S. The van der Waals surface area contributed by atoms with Gasteiger partial charge in [0.25, 0.3) is 0 Å². The maximum atomic E-state index is 12.4. The largest absolute Gasteiger partial charge is 0.393 e. The monoisotopic (exact) mass is 313 g/mol. The average Bonchev–Trinajstić information content (AvgIpc) is 2.67. The molecule has 1 aromatic rings. The summed E-state index contributed by atoms with van der Waals surface area (Å²) < 4.78 is 27.4. The second-order valence-corrected chi connectivity index (χ2v) is 7.86. The summed E-state index contributed by atoms with van der Waals surface area (Å²) >= 11 is 0. The molecule has 0 saturated heterocycles. The number of nitrogens with one attached hydrogen (secondary N) is 1. The topological polar surface area (TPSA) is 115 Å². The van der Waals surface area contributed by atoms with Crippen LogP contribution < -0.4 is 10.5 Å². The minimum absolute atomic E-state index is 0.0782. The van der Waals surface area contributed by atoms with Crippen molar-refractivity contribution in [3.8, 4) is 0 Å². The van der Waals surface area contributed by atoms with E-state index in [9.17, 15) is 18.5 Å². The van der Waals surface area contributed by atoms with Crippen molar-refractivity contribution in [2.75, 3.05) is 5.73 Å². The van der Waals surface area contributed by atoms with Crippen molar-refractivity contribution >= 4 is 21.4 Å². The first-order chi connectivity index (χ1) is 9.62. The number of nitro groups is 1. The highest BCUT2D eigenvalue weighted by Gasteiger charge is 2.35. The van der Waals surface area contributed by atoms with Crippen molar-refractivity contribution in [3.05, 3.63) is 28.3 Å². The molecule has 1 unspecified atom stereocenters. The number of benzene rings is 1. The first-order valence-electron chi connectivity index (χ1n) is 6.68. The van der Waals surface area contributed by atoms with Gasteiger partial charge in [-0.2, -0.15) is 0 Å². The lowest BCUT2D eigenvalue weighted by Gasteiger charge is -2.18. The highest BCUT2D eigenvalue weighted by Crippen LogP contribution is 2.38. The number of nitrogen functional groups attached to an aromatic ring is 1. The number of nitro benzene ring substituents is 1. The van der Waals surface area contributed by atoms with Crippen molar-refractivity contribution in [3.63, 3.8) is 0 Å². The van der Waals surface area contributed by atoms with Gasteiger partial charge in [0.1, 0.15) is 5.69 Å². The molecular weight excluding hydrogens is 294 g/mol. The first kappa shape index (κ1) is 15.7. The van der Waals surface area contributed by atoms with Crippen LogP contribution in [0.3, 0.4) is 0 Å². The molecule has 0 heterocycles. The molecule has 1 atom stereocenters. The van der Waals surface area contributed by atoms with Crippen LogP contribution in [0.25, 0.3) is 0 Å². The zero-order valence-electron chi connectivity index (χ0n) is 12.0. The second kappa shape index (κ2) is 5.27. The SMILES string of the molecule is CC1(C)CCC(NS(=O)(=O)c2cccc(N)c2[N+](=O)[O-])C1. The van der Waals surface area contributed by atoms with E-state index in [1.54, 1.807) is 0 Å². The fourth-order valence-electron chi connectivity index (χ4n) is 2.77. The predicted octanol–water partition coefficient (Wildman–Crippen LogP) is 2.03. The Morgan fingerprint density at radius 1 is 1.43 bits per heavy atom. The van der Waals surface area contributed by atoms with Crippen molar-refractivity contribution in [1.82, 2.24) is 4.72 Å². The van der Waals surface area contributed by atoms with Crippen molar-refractivity contribution in [2.45, 2.75) is 44.0 Å². The summed E-state index contributed by atoms with van der Waals surface area (Å²) in [6, 6.07) is 3.72. The minimum atomic E-state index is -3.96. The summed E-state index contributed by atoms with van der Waals surface area (Å²) in [6.07, 6.45) is 2.35. The molecule has 1 saturated carbocycles. The van der Waals surface area contributed by atoms with Crippen LogP contribution in [0, 0.1) is 15.5 Å². The first-order valence-corrected chi connectivity index (χ1v) is 8.16. The van der Waals surface area contributed by atoms with Crippen LogP contribution in [0.15, 0.2) is 23.1 Å². The Hall–Kier alpha value is -1.67. The van der Waals surface area contributed by atoms with E-state index in [-0.39, 0.29) is 22.0 Å². The van der Waals surface area contributed by atoms with Crippen molar-refractivity contribution in [2.24, 2.45) is 5.41 Å². The summed E-state index contributed by atoms with van der Waals surface area (Å²) in [6.45, 7) is 4.15. The molecule has 0 radical (unpaired) electrons. The lowest BCUT2D eigenvalue weighted by atomic mass is 9.92. The molecule has 1 aromatic carbocycles. The van der Waals surface area contributed by atoms with E-state index in [2.05, 4.69) is 18.6 Å². The van der Waals surface area contributed by atoms with Crippen LogP contribution in [-0.2, 0) is 10.0 Å². The summed E-state index contributed by atoms with van der Waals surface area (Å²) in [4.78, 5) is 9.92. The molecule has 21 heavy (non-hydrogen) atoms. The number of nitrogens with zero attached hydrogens (tertiary/aromatic N) is 1. The zero-order valence-corrected chi connectivity index (χ0v) is 12.8. The number of anilines is 1. The van der Waals surface area contributed by atoms with E-state index in [1.165, 1.54) is 18.2 Å². The van der Waals surface area contributed by atoms with E-state index < -0.39 is 20.6 Å². The summed E-state index contributed by atoms with van der Waals surface area (Å²) in [7, 11) is -3.96. The Labute approximate surface area is 123 Å². The number of hydrogen-bond donors (Lipinski definition) is 2.